The largest absolute Gasteiger partial charge is 0.351 e. The van der Waals surface area contributed by atoms with Crippen LogP contribution in [0.25, 0.3) is 0 Å². The van der Waals surface area contributed by atoms with Crippen LogP contribution >= 0.6 is 0 Å². The maximum atomic E-state index is 12.2. The van der Waals surface area contributed by atoms with E-state index in [1.807, 2.05) is 28.4 Å². The van der Waals surface area contributed by atoms with Crippen LogP contribution in [0.1, 0.15) is 10.4 Å². The number of piperazine rings is 1. The van der Waals surface area contributed by atoms with Gasteiger partial charge in [0.1, 0.15) is 0 Å². The van der Waals surface area contributed by atoms with E-state index in [-0.39, 0.29) is 12.5 Å². The molecule has 1 aromatic carbocycles. The number of hydrogen-bond acceptors (Lipinski definition) is 4. The van der Waals surface area contributed by atoms with E-state index < -0.39 is 11.9 Å². The van der Waals surface area contributed by atoms with Crippen molar-refractivity contribution >= 4 is 17.8 Å². The first-order valence-electron chi connectivity index (χ1n) is 6.72. The van der Waals surface area contributed by atoms with Gasteiger partial charge < -0.3 is 10.6 Å². The molecule has 1 aliphatic rings. The summed E-state index contributed by atoms with van der Waals surface area (Å²) in [5.41, 5.74) is 5.55. The first-order valence-corrected chi connectivity index (χ1v) is 6.72. The summed E-state index contributed by atoms with van der Waals surface area (Å²) in [6.45, 7) is 2.39. The van der Waals surface area contributed by atoms with E-state index >= 15 is 0 Å². The fourth-order valence-corrected chi connectivity index (χ4v) is 2.25. The second-order valence-electron chi connectivity index (χ2n) is 4.85. The summed E-state index contributed by atoms with van der Waals surface area (Å²) in [7, 11) is 0. The number of carbonyl (C=O) groups excluding carboxylic acids is 3. The normalized spacial score (nSPS) is 15.5. The quantitative estimate of drug-likeness (QED) is 0.794. The molecule has 1 aromatic rings. The minimum atomic E-state index is -0.849. The fourth-order valence-electron chi connectivity index (χ4n) is 2.25. The zero-order chi connectivity index (χ0) is 15.2. The highest BCUT2D eigenvalue weighted by molar-refractivity contribution is 5.95. The summed E-state index contributed by atoms with van der Waals surface area (Å²) in [5, 5.41) is 2.03. The molecule has 112 valence electrons. The maximum Gasteiger partial charge on any atom is 0.318 e. The molecular weight excluding hydrogens is 272 g/mol. The molecule has 21 heavy (non-hydrogen) atoms. The molecule has 7 heteroatoms. The fraction of sp³-hybridized carbons (Fsp3) is 0.357. The third-order valence-electron chi connectivity index (χ3n) is 3.31. The van der Waals surface area contributed by atoms with Gasteiger partial charge in [0, 0.05) is 31.7 Å². The van der Waals surface area contributed by atoms with Crippen molar-refractivity contribution in [1.29, 1.82) is 0 Å². The lowest BCUT2D eigenvalue weighted by atomic mass is 10.2. The second-order valence-corrected chi connectivity index (χ2v) is 4.85. The lowest BCUT2D eigenvalue weighted by molar-refractivity contribution is -0.121. The Balaban J connectivity index is 1.82. The molecular formula is C14H18N4O3. The van der Waals surface area contributed by atoms with Crippen molar-refractivity contribution in [2.75, 3.05) is 32.7 Å². The predicted molar refractivity (Wildman–Crippen MR) is 76.5 cm³/mol. The third-order valence-corrected chi connectivity index (χ3v) is 3.31. The Morgan fingerprint density at radius 2 is 1.67 bits per heavy atom. The Morgan fingerprint density at radius 1 is 1.05 bits per heavy atom. The molecule has 0 radical (unpaired) electrons. The number of hydrogen-bond donors (Lipinski definition) is 2. The van der Waals surface area contributed by atoms with E-state index in [9.17, 15) is 14.4 Å². The van der Waals surface area contributed by atoms with Crippen LogP contribution in [0.5, 0.6) is 0 Å². The van der Waals surface area contributed by atoms with Crippen LogP contribution in [0, 0.1) is 0 Å². The van der Waals surface area contributed by atoms with E-state index in [4.69, 9.17) is 5.73 Å². The SMILES string of the molecule is NC(=O)NC(=O)CN1CCN(C(=O)c2ccccc2)CC1. The van der Waals surface area contributed by atoms with E-state index in [0.717, 1.165) is 0 Å². The number of benzene rings is 1. The van der Waals surface area contributed by atoms with Gasteiger partial charge >= 0.3 is 6.03 Å². The lowest BCUT2D eigenvalue weighted by Crippen LogP contribution is -2.51. The van der Waals surface area contributed by atoms with Crippen LogP contribution in [0.4, 0.5) is 4.79 Å². The van der Waals surface area contributed by atoms with Crippen molar-refractivity contribution in [1.82, 2.24) is 15.1 Å². The molecule has 1 saturated heterocycles. The van der Waals surface area contributed by atoms with E-state index in [2.05, 4.69) is 0 Å². The lowest BCUT2D eigenvalue weighted by Gasteiger charge is -2.34. The van der Waals surface area contributed by atoms with Crippen molar-refractivity contribution in [3.63, 3.8) is 0 Å². The Kier molecular flexibility index (Phi) is 4.89. The van der Waals surface area contributed by atoms with Crippen LogP contribution in [-0.2, 0) is 4.79 Å². The van der Waals surface area contributed by atoms with Gasteiger partial charge in [-0.15, -0.1) is 0 Å². The molecule has 1 fully saturated rings. The van der Waals surface area contributed by atoms with E-state index in [1.54, 1.807) is 17.0 Å². The molecule has 1 heterocycles. The zero-order valence-electron chi connectivity index (χ0n) is 11.6. The Labute approximate surface area is 122 Å². The van der Waals surface area contributed by atoms with Crippen LogP contribution in [0.15, 0.2) is 30.3 Å². The highest BCUT2D eigenvalue weighted by Crippen LogP contribution is 2.08. The molecule has 0 bridgehead atoms. The number of nitrogens with two attached hydrogens (primary N) is 1. The smallest absolute Gasteiger partial charge is 0.318 e. The summed E-state index contributed by atoms with van der Waals surface area (Å²) >= 11 is 0. The average Bonchev–Trinajstić information content (AvgIpc) is 2.47. The molecule has 0 aromatic heterocycles. The summed E-state index contributed by atoms with van der Waals surface area (Å²) in [5.74, 6) is -0.429. The number of rotatable bonds is 3. The van der Waals surface area contributed by atoms with Gasteiger partial charge in [-0.3, -0.25) is 19.8 Å². The van der Waals surface area contributed by atoms with E-state index in [1.165, 1.54) is 0 Å². The molecule has 3 N–H and O–H groups in total. The Hall–Kier alpha value is -2.41. The molecule has 7 nitrogen and oxygen atoms in total. The third kappa shape index (κ3) is 4.28. The Bertz CT molecular complexity index is 524. The van der Waals surface area contributed by atoms with Gasteiger partial charge in [-0.25, -0.2) is 4.79 Å². The first kappa shape index (κ1) is 15.0. The number of urea groups is 1. The van der Waals surface area contributed by atoms with E-state index in [0.29, 0.717) is 31.7 Å². The maximum absolute atomic E-state index is 12.2. The number of amides is 4. The monoisotopic (exact) mass is 290 g/mol. The summed E-state index contributed by atoms with van der Waals surface area (Å²) < 4.78 is 0. The van der Waals surface area contributed by atoms with Crippen LogP contribution < -0.4 is 11.1 Å². The van der Waals surface area contributed by atoms with Crippen molar-refractivity contribution < 1.29 is 14.4 Å². The topological polar surface area (TPSA) is 95.7 Å². The standard InChI is InChI=1S/C14H18N4O3/c15-14(21)16-12(19)10-17-6-8-18(9-7-17)13(20)11-4-2-1-3-5-11/h1-5H,6-10H2,(H3,15,16,19,21). The van der Waals surface area contributed by atoms with Gasteiger partial charge in [-0.05, 0) is 12.1 Å². The molecule has 4 amide bonds. The summed E-state index contributed by atoms with van der Waals surface area (Å²) in [4.78, 5) is 37.9. The average molecular weight is 290 g/mol. The molecule has 0 aliphatic carbocycles. The van der Waals surface area contributed by atoms with Crippen LogP contribution in [-0.4, -0.2) is 60.4 Å². The van der Waals surface area contributed by atoms with Gasteiger partial charge in [0.2, 0.25) is 5.91 Å². The number of nitrogens with zero attached hydrogens (tertiary/aromatic N) is 2. The van der Waals surface area contributed by atoms with Gasteiger partial charge in [0.15, 0.2) is 0 Å². The number of nitrogens with one attached hydrogen (secondary N) is 1. The molecule has 0 spiro atoms. The Morgan fingerprint density at radius 3 is 2.24 bits per heavy atom. The van der Waals surface area contributed by atoms with Crippen molar-refractivity contribution in [2.24, 2.45) is 5.73 Å². The predicted octanol–water partition coefficient (Wildman–Crippen LogP) is -0.361. The van der Waals surface area contributed by atoms with Crippen LogP contribution in [0.3, 0.4) is 0 Å². The van der Waals surface area contributed by atoms with Gasteiger partial charge in [-0.2, -0.15) is 0 Å². The van der Waals surface area contributed by atoms with Crippen molar-refractivity contribution in [3.8, 4) is 0 Å². The molecule has 2 rings (SSSR count). The zero-order valence-corrected chi connectivity index (χ0v) is 11.6. The number of carbonyl (C=O) groups is 3. The highest BCUT2D eigenvalue weighted by Gasteiger charge is 2.23. The second kappa shape index (κ2) is 6.85. The summed E-state index contributed by atoms with van der Waals surface area (Å²) in [6.07, 6.45) is 0. The van der Waals surface area contributed by atoms with Crippen molar-refractivity contribution in [2.45, 2.75) is 0 Å². The van der Waals surface area contributed by atoms with Gasteiger partial charge in [0.25, 0.3) is 5.91 Å². The molecule has 0 atom stereocenters. The molecule has 1 aliphatic heterocycles. The minimum absolute atomic E-state index is 0.00293. The van der Waals surface area contributed by atoms with Crippen molar-refractivity contribution in [3.05, 3.63) is 35.9 Å². The van der Waals surface area contributed by atoms with Gasteiger partial charge in [-0.1, -0.05) is 18.2 Å². The molecule has 0 unspecified atom stereocenters. The van der Waals surface area contributed by atoms with Crippen LogP contribution in [0.2, 0.25) is 0 Å². The van der Waals surface area contributed by atoms with Gasteiger partial charge in [0.05, 0.1) is 6.54 Å². The number of primary amides is 1. The minimum Gasteiger partial charge on any atom is -0.351 e. The summed E-state index contributed by atoms with van der Waals surface area (Å²) in [6, 6.07) is 8.25. The highest BCUT2D eigenvalue weighted by atomic mass is 16.2. The first-order chi connectivity index (χ1) is 10.1. The number of imide groups is 1. The molecule has 0 saturated carbocycles.